The van der Waals surface area contributed by atoms with E-state index in [1.165, 1.54) is 25.7 Å². The van der Waals surface area contributed by atoms with Crippen molar-refractivity contribution in [2.45, 2.75) is 70.6 Å². The van der Waals surface area contributed by atoms with Gasteiger partial charge in [-0.1, -0.05) is 62.9 Å². The highest BCUT2D eigenvalue weighted by Gasteiger charge is 2.30. The molecule has 2 rings (SSSR count). The van der Waals surface area contributed by atoms with Gasteiger partial charge in [-0.25, -0.2) is 0 Å². The maximum absolute atomic E-state index is 6.51. The van der Waals surface area contributed by atoms with E-state index < -0.39 is 0 Å². The van der Waals surface area contributed by atoms with Crippen LogP contribution in [0.2, 0.25) is 5.02 Å². The van der Waals surface area contributed by atoms with Gasteiger partial charge in [-0.3, -0.25) is 0 Å². The van der Waals surface area contributed by atoms with Crippen LogP contribution < -0.4 is 5.73 Å². The molecule has 1 aliphatic carbocycles. The van der Waals surface area contributed by atoms with Crippen molar-refractivity contribution in [2.24, 2.45) is 11.7 Å². The van der Waals surface area contributed by atoms with Gasteiger partial charge in [-0.05, 0) is 31.2 Å². The van der Waals surface area contributed by atoms with Crippen LogP contribution in [-0.2, 0) is 4.74 Å². The summed E-state index contributed by atoms with van der Waals surface area (Å²) in [6.45, 7) is 4.37. The summed E-state index contributed by atoms with van der Waals surface area (Å²) in [5.74, 6) is 0.660. The highest BCUT2D eigenvalue weighted by molar-refractivity contribution is 6.31. The largest absolute Gasteiger partial charge is 0.368 e. The Morgan fingerprint density at radius 2 is 1.95 bits per heavy atom. The van der Waals surface area contributed by atoms with Crippen LogP contribution in [-0.4, -0.2) is 12.1 Å². The predicted octanol–water partition coefficient (Wildman–Crippen LogP) is 5.10. The van der Waals surface area contributed by atoms with E-state index in [2.05, 4.69) is 13.8 Å². The minimum atomic E-state index is -0.0964. The van der Waals surface area contributed by atoms with E-state index in [9.17, 15) is 0 Å². The second-order valence-electron chi connectivity index (χ2n) is 6.14. The molecule has 0 radical (unpaired) electrons. The van der Waals surface area contributed by atoms with Crippen molar-refractivity contribution in [3.05, 3.63) is 34.9 Å². The average Bonchev–Trinajstić information content (AvgIpc) is 2.53. The molecule has 1 fully saturated rings. The fourth-order valence-electron chi connectivity index (χ4n) is 3.33. The predicted molar refractivity (Wildman–Crippen MR) is 89.6 cm³/mol. The number of rotatable bonds is 6. The molecule has 4 unspecified atom stereocenters. The minimum Gasteiger partial charge on any atom is -0.368 e. The molecule has 1 aliphatic rings. The molecule has 118 valence electrons. The van der Waals surface area contributed by atoms with Crippen molar-refractivity contribution in [3.8, 4) is 0 Å². The summed E-state index contributed by atoms with van der Waals surface area (Å²) >= 11 is 6.37. The van der Waals surface area contributed by atoms with Gasteiger partial charge in [0.15, 0.2) is 0 Å². The number of hydrogen-bond acceptors (Lipinski definition) is 2. The molecule has 1 aromatic rings. The van der Waals surface area contributed by atoms with Crippen LogP contribution in [0.1, 0.15) is 64.0 Å². The van der Waals surface area contributed by atoms with Crippen molar-refractivity contribution < 1.29 is 4.74 Å². The minimum absolute atomic E-state index is 0.00988. The summed E-state index contributed by atoms with van der Waals surface area (Å²) in [7, 11) is 0. The normalized spacial score (nSPS) is 25.5. The Morgan fingerprint density at radius 1 is 1.24 bits per heavy atom. The molecule has 0 spiro atoms. The summed E-state index contributed by atoms with van der Waals surface area (Å²) in [6, 6.07) is 7.93. The fraction of sp³-hybridized carbons (Fsp3) is 0.667. The number of benzene rings is 1. The molecule has 0 heterocycles. The van der Waals surface area contributed by atoms with Crippen LogP contribution in [0.5, 0.6) is 0 Å². The van der Waals surface area contributed by atoms with E-state index in [0.29, 0.717) is 12.0 Å². The van der Waals surface area contributed by atoms with Crippen LogP contribution >= 0.6 is 11.6 Å². The lowest BCUT2D eigenvalue weighted by atomic mass is 9.84. The molecule has 0 bridgehead atoms. The van der Waals surface area contributed by atoms with Gasteiger partial charge in [0.1, 0.15) is 0 Å². The number of hydrogen-bond donors (Lipinski definition) is 1. The van der Waals surface area contributed by atoms with Crippen molar-refractivity contribution >= 4 is 11.6 Å². The first-order valence-corrected chi connectivity index (χ1v) is 8.70. The smallest absolute Gasteiger partial charge is 0.0993 e. The molecule has 1 saturated carbocycles. The molecule has 1 aromatic carbocycles. The second kappa shape index (κ2) is 8.17. The second-order valence-corrected chi connectivity index (χ2v) is 6.55. The van der Waals surface area contributed by atoms with Gasteiger partial charge in [0.05, 0.1) is 12.2 Å². The molecule has 2 nitrogen and oxygen atoms in total. The van der Waals surface area contributed by atoms with Crippen LogP contribution in [0.3, 0.4) is 0 Å². The van der Waals surface area contributed by atoms with Crippen molar-refractivity contribution in [1.29, 1.82) is 0 Å². The van der Waals surface area contributed by atoms with Crippen molar-refractivity contribution in [3.63, 3.8) is 0 Å². The standard InChI is InChI=1S/C18H28ClNO/c1-3-13-9-5-8-12-17(13)21-18(16(20)4-2)14-10-6-7-11-15(14)19/h6-7,10-11,13,16-18H,3-5,8-9,12,20H2,1-2H3. The molecular weight excluding hydrogens is 282 g/mol. The summed E-state index contributed by atoms with van der Waals surface area (Å²) in [5, 5.41) is 0.759. The van der Waals surface area contributed by atoms with Crippen LogP contribution in [0.15, 0.2) is 24.3 Å². The van der Waals surface area contributed by atoms with Crippen LogP contribution in [0.4, 0.5) is 0 Å². The molecule has 0 aromatic heterocycles. The topological polar surface area (TPSA) is 35.2 Å². The van der Waals surface area contributed by atoms with Gasteiger partial charge < -0.3 is 10.5 Å². The molecule has 0 amide bonds. The molecule has 3 heteroatoms. The lowest BCUT2D eigenvalue weighted by Gasteiger charge is -2.36. The highest BCUT2D eigenvalue weighted by atomic mass is 35.5. The third-order valence-electron chi connectivity index (χ3n) is 4.76. The monoisotopic (exact) mass is 309 g/mol. The summed E-state index contributed by atoms with van der Waals surface area (Å²) in [6.07, 6.45) is 7.31. The Hall–Kier alpha value is -0.570. The molecule has 0 saturated heterocycles. The quantitative estimate of drug-likeness (QED) is 0.793. The van der Waals surface area contributed by atoms with E-state index in [-0.39, 0.29) is 12.1 Å². The maximum Gasteiger partial charge on any atom is 0.0993 e. The first kappa shape index (κ1) is 16.8. The van der Waals surface area contributed by atoms with Crippen LogP contribution in [0, 0.1) is 5.92 Å². The first-order chi connectivity index (χ1) is 10.2. The number of halogens is 1. The van der Waals surface area contributed by atoms with Gasteiger partial charge in [0.25, 0.3) is 0 Å². The van der Waals surface area contributed by atoms with Crippen molar-refractivity contribution in [2.75, 3.05) is 0 Å². The first-order valence-electron chi connectivity index (χ1n) is 8.32. The van der Waals surface area contributed by atoms with Gasteiger partial charge in [0.2, 0.25) is 0 Å². The summed E-state index contributed by atoms with van der Waals surface area (Å²) in [4.78, 5) is 0. The van der Waals surface area contributed by atoms with Crippen molar-refractivity contribution in [1.82, 2.24) is 0 Å². The number of nitrogens with two attached hydrogens (primary N) is 1. The van der Waals surface area contributed by atoms with E-state index in [0.717, 1.165) is 23.4 Å². The molecule has 0 aliphatic heterocycles. The third-order valence-corrected chi connectivity index (χ3v) is 5.10. The van der Waals surface area contributed by atoms with E-state index in [4.69, 9.17) is 22.1 Å². The van der Waals surface area contributed by atoms with Crippen LogP contribution in [0.25, 0.3) is 0 Å². The highest BCUT2D eigenvalue weighted by Crippen LogP contribution is 2.36. The van der Waals surface area contributed by atoms with Gasteiger partial charge in [-0.15, -0.1) is 0 Å². The molecule has 21 heavy (non-hydrogen) atoms. The molecule has 2 N–H and O–H groups in total. The Bertz CT molecular complexity index is 437. The molecule has 4 atom stereocenters. The Kier molecular flexibility index (Phi) is 6.53. The maximum atomic E-state index is 6.51. The lowest BCUT2D eigenvalue weighted by Crippen LogP contribution is -2.36. The lowest BCUT2D eigenvalue weighted by molar-refractivity contribution is -0.0724. The van der Waals surface area contributed by atoms with E-state index >= 15 is 0 Å². The summed E-state index contributed by atoms with van der Waals surface area (Å²) in [5.41, 5.74) is 7.37. The Balaban J connectivity index is 2.18. The zero-order valence-corrected chi connectivity index (χ0v) is 14.0. The zero-order chi connectivity index (χ0) is 15.2. The zero-order valence-electron chi connectivity index (χ0n) is 13.2. The number of ether oxygens (including phenoxy) is 1. The third kappa shape index (κ3) is 4.21. The average molecular weight is 310 g/mol. The molecular formula is C18H28ClNO. The van der Waals surface area contributed by atoms with E-state index in [1.54, 1.807) is 0 Å². The van der Waals surface area contributed by atoms with Gasteiger partial charge >= 0.3 is 0 Å². The fourth-order valence-corrected chi connectivity index (χ4v) is 3.58. The summed E-state index contributed by atoms with van der Waals surface area (Å²) < 4.78 is 6.51. The van der Waals surface area contributed by atoms with Gasteiger partial charge in [-0.2, -0.15) is 0 Å². The SMILES string of the molecule is CCC(N)C(OC1CCCCC1CC)c1ccccc1Cl. The Morgan fingerprint density at radius 3 is 2.62 bits per heavy atom. The Labute approximate surface area is 134 Å². The van der Waals surface area contributed by atoms with E-state index in [1.807, 2.05) is 24.3 Å². The van der Waals surface area contributed by atoms with Gasteiger partial charge in [0, 0.05) is 16.6 Å².